The normalized spacial score (nSPS) is 24.8. The van der Waals surface area contributed by atoms with Crippen LogP contribution in [0.3, 0.4) is 0 Å². The second-order valence-electron chi connectivity index (χ2n) is 4.63. The summed E-state index contributed by atoms with van der Waals surface area (Å²) in [7, 11) is 0. The summed E-state index contributed by atoms with van der Waals surface area (Å²) in [6, 6.07) is 8.56. The fraction of sp³-hybridized carbons (Fsp3) is 0.600. The van der Waals surface area contributed by atoms with Gasteiger partial charge in [0.25, 0.3) is 0 Å². The van der Waals surface area contributed by atoms with Gasteiger partial charge in [-0.3, -0.25) is 0 Å². The molecule has 0 amide bonds. The van der Waals surface area contributed by atoms with Gasteiger partial charge in [0.2, 0.25) is 0 Å². The van der Waals surface area contributed by atoms with Crippen molar-refractivity contribution in [1.29, 1.82) is 0 Å². The van der Waals surface area contributed by atoms with Crippen LogP contribution >= 0.6 is 0 Å². The summed E-state index contributed by atoms with van der Waals surface area (Å²) in [4.78, 5) is 0. The molecule has 2 atom stereocenters. The fourth-order valence-corrected chi connectivity index (χ4v) is 2.21. The summed E-state index contributed by atoms with van der Waals surface area (Å²) in [5.74, 6) is 0. The van der Waals surface area contributed by atoms with Gasteiger partial charge in [0, 0.05) is 5.56 Å². The van der Waals surface area contributed by atoms with E-state index in [0.29, 0.717) is 6.10 Å². The second-order valence-corrected chi connectivity index (χ2v) is 4.63. The molecule has 1 aliphatic heterocycles. The molecular weight excluding hydrogens is 212 g/mol. The Labute approximate surface area is 104 Å². The molecule has 1 aromatic carbocycles. The first kappa shape index (κ1) is 12.6. The summed E-state index contributed by atoms with van der Waals surface area (Å²) in [5.41, 5.74) is 2.50. The molecule has 17 heavy (non-hydrogen) atoms. The largest absolute Gasteiger partial charge is 0.348 e. The molecule has 0 saturated carbocycles. The van der Waals surface area contributed by atoms with Gasteiger partial charge in [-0.1, -0.05) is 44.5 Å². The zero-order chi connectivity index (χ0) is 12.1. The van der Waals surface area contributed by atoms with Gasteiger partial charge in [-0.25, -0.2) is 0 Å². The third-order valence-corrected chi connectivity index (χ3v) is 3.30. The van der Waals surface area contributed by atoms with Crippen molar-refractivity contribution in [2.75, 3.05) is 6.61 Å². The molecule has 1 heterocycles. The number of hydrogen-bond donors (Lipinski definition) is 0. The Hall–Kier alpha value is -0.860. The lowest BCUT2D eigenvalue weighted by Crippen LogP contribution is -2.26. The summed E-state index contributed by atoms with van der Waals surface area (Å²) in [5, 5.41) is 0. The fourth-order valence-electron chi connectivity index (χ4n) is 2.21. The topological polar surface area (TPSA) is 18.5 Å². The maximum absolute atomic E-state index is 5.96. The predicted molar refractivity (Wildman–Crippen MR) is 68.9 cm³/mol. The van der Waals surface area contributed by atoms with Crippen molar-refractivity contribution < 1.29 is 9.47 Å². The Morgan fingerprint density at radius 2 is 1.94 bits per heavy atom. The van der Waals surface area contributed by atoms with Gasteiger partial charge in [-0.2, -0.15) is 0 Å². The minimum atomic E-state index is -0.161. The number of rotatable bonds is 4. The SMILES string of the molecule is CCCC1CCOC(c2ccc(CC)cc2)O1. The van der Waals surface area contributed by atoms with Crippen LogP contribution in [0.25, 0.3) is 0 Å². The molecule has 2 heteroatoms. The molecule has 0 bridgehead atoms. The van der Waals surface area contributed by atoms with Crippen molar-refractivity contribution in [1.82, 2.24) is 0 Å². The lowest BCUT2D eigenvalue weighted by atomic mass is 10.1. The first-order chi connectivity index (χ1) is 8.33. The molecule has 2 unspecified atom stereocenters. The average molecular weight is 234 g/mol. The van der Waals surface area contributed by atoms with E-state index in [1.807, 2.05) is 0 Å². The molecule has 0 N–H and O–H groups in total. The molecule has 0 spiro atoms. The molecule has 94 valence electrons. The van der Waals surface area contributed by atoms with Crippen LogP contribution in [0.15, 0.2) is 24.3 Å². The number of ether oxygens (including phenoxy) is 2. The van der Waals surface area contributed by atoms with Crippen molar-refractivity contribution in [3.8, 4) is 0 Å². The summed E-state index contributed by atoms with van der Waals surface area (Å²) < 4.78 is 11.7. The van der Waals surface area contributed by atoms with E-state index >= 15 is 0 Å². The van der Waals surface area contributed by atoms with E-state index in [0.717, 1.165) is 31.4 Å². The van der Waals surface area contributed by atoms with E-state index < -0.39 is 0 Å². The zero-order valence-corrected chi connectivity index (χ0v) is 10.8. The van der Waals surface area contributed by atoms with Crippen LogP contribution in [0.4, 0.5) is 0 Å². The van der Waals surface area contributed by atoms with E-state index in [2.05, 4.69) is 38.1 Å². The van der Waals surface area contributed by atoms with E-state index in [1.54, 1.807) is 0 Å². The van der Waals surface area contributed by atoms with Gasteiger partial charge < -0.3 is 9.47 Å². The Morgan fingerprint density at radius 1 is 1.18 bits per heavy atom. The third-order valence-electron chi connectivity index (χ3n) is 3.30. The number of aryl methyl sites for hydroxylation is 1. The molecule has 1 saturated heterocycles. The van der Waals surface area contributed by atoms with E-state index in [-0.39, 0.29) is 6.29 Å². The van der Waals surface area contributed by atoms with Crippen molar-refractivity contribution in [3.63, 3.8) is 0 Å². The highest BCUT2D eigenvalue weighted by molar-refractivity contribution is 5.23. The van der Waals surface area contributed by atoms with Crippen LogP contribution in [-0.4, -0.2) is 12.7 Å². The summed E-state index contributed by atoms with van der Waals surface area (Å²) >= 11 is 0. The Kier molecular flexibility index (Phi) is 4.57. The van der Waals surface area contributed by atoms with Crippen LogP contribution < -0.4 is 0 Å². The quantitative estimate of drug-likeness (QED) is 0.787. The smallest absolute Gasteiger partial charge is 0.184 e. The molecule has 1 fully saturated rings. The number of benzene rings is 1. The predicted octanol–water partition coefficient (Wildman–Crippen LogP) is 3.85. The Morgan fingerprint density at radius 3 is 2.59 bits per heavy atom. The Balaban J connectivity index is 2.00. The van der Waals surface area contributed by atoms with E-state index in [9.17, 15) is 0 Å². The van der Waals surface area contributed by atoms with E-state index in [1.165, 1.54) is 12.0 Å². The first-order valence-electron chi connectivity index (χ1n) is 6.69. The molecule has 0 radical (unpaired) electrons. The van der Waals surface area contributed by atoms with E-state index in [4.69, 9.17) is 9.47 Å². The molecule has 2 nitrogen and oxygen atoms in total. The maximum atomic E-state index is 5.96. The molecule has 1 aromatic rings. The molecule has 0 aromatic heterocycles. The molecule has 0 aliphatic carbocycles. The maximum Gasteiger partial charge on any atom is 0.184 e. The average Bonchev–Trinajstić information content (AvgIpc) is 2.40. The third kappa shape index (κ3) is 3.30. The van der Waals surface area contributed by atoms with Crippen LogP contribution in [0.2, 0.25) is 0 Å². The highest BCUT2D eigenvalue weighted by Crippen LogP contribution is 2.28. The summed E-state index contributed by atoms with van der Waals surface area (Å²) in [6.07, 6.45) is 4.61. The standard InChI is InChI=1S/C15H22O2/c1-3-5-14-10-11-16-15(17-14)13-8-6-12(4-2)7-9-13/h6-9,14-15H,3-5,10-11H2,1-2H3. The Bertz CT molecular complexity index is 329. The lowest BCUT2D eigenvalue weighted by molar-refractivity contribution is -0.218. The van der Waals surface area contributed by atoms with Crippen molar-refractivity contribution in [2.45, 2.75) is 51.9 Å². The minimum Gasteiger partial charge on any atom is -0.348 e. The monoisotopic (exact) mass is 234 g/mol. The van der Waals surface area contributed by atoms with Gasteiger partial charge in [-0.15, -0.1) is 0 Å². The van der Waals surface area contributed by atoms with Gasteiger partial charge in [0.1, 0.15) is 0 Å². The van der Waals surface area contributed by atoms with Gasteiger partial charge in [-0.05, 0) is 24.8 Å². The van der Waals surface area contributed by atoms with Crippen molar-refractivity contribution in [2.24, 2.45) is 0 Å². The minimum absolute atomic E-state index is 0.161. The molecule has 2 rings (SSSR count). The van der Waals surface area contributed by atoms with Gasteiger partial charge >= 0.3 is 0 Å². The van der Waals surface area contributed by atoms with Crippen LogP contribution in [0.1, 0.15) is 50.5 Å². The van der Waals surface area contributed by atoms with Crippen LogP contribution in [0.5, 0.6) is 0 Å². The van der Waals surface area contributed by atoms with Crippen LogP contribution in [0, 0.1) is 0 Å². The van der Waals surface area contributed by atoms with Crippen molar-refractivity contribution >= 4 is 0 Å². The van der Waals surface area contributed by atoms with Gasteiger partial charge in [0.05, 0.1) is 12.7 Å². The highest BCUT2D eigenvalue weighted by atomic mass is 16.7. The van der Waals surface area contributed by atoms with Crippen molar-refractivity contribution in [3.05, 3.63) is 35.4 Å². The van der Waals surface area contributed by atoms with Crippen LogP contribution in [-0.2, 0) is 15.9 Å². The zero-order valence-electron chi connectivity index (χ0n) is 10.8. The molecular formula is C15H22O2. The molecule has 1 aliphatic rings. The second kappa shape index (κ2) is 6.18. The highest BCUT2D eigenvalue weighted by Gasteiger charge is 2.23. The first-order valence-corrected chi connectivity index (χ1v) is 6.69. The van der Waals surface area contributed by atoms with Gasteiger partial charge in [0.15, 0.2) is 6.29 Å². The summed E-state index contributed by atoms with van der Waals surface area (Å²) in [6.45, 7) is 5.18. The number of hydrogen-bond acceptors (Lipinski definition) is 2. The lowest BCUT2D eigenvalue weighted by Gasteiger charge is -2.30.